The van der Waals surface area contributed by atoms with E-state index in [1.807, 2.05) is 0 Å². The zero-order valence-corrected chi connectivity index (χ0v) is 14.5. The maximum atomic E-state index is 6.22. The van der Waals surface area contributed by atoms with Crippen molar-refractivity contribution < 1.29 is 4.74 Å². The van der Waals surface area contributed by atoms with E-state index in [1.165, 1.54) is 38.1 Å². The van der Waals surface area contributed by atoms with E-state index in [9.17, 15) is 0 Å². The zero-order chi connectivity index (χ0) is 14.6. The highest BCUT2D eigenvalue weighted by atomic mass is 32.2. The zero-order valence-electron chi connectivity index (χ0n) is 13.7. The van der Waals surface area contributed by atoms with Gasteiger partial charge in [-0.15, -0.1) is 0 Å². The number of nitrogens with one attached hydrogen (secondary N) is 1. The van der Waals surface area contributed by atoms with E-state index in [4.69, 9.17) is 4.74 Å². The second-order valence-electron chi connectivity index (χ2n) is 7.25. The Bertz CT molecular complexity index is 293. The van der Waals surface area contributed by atoms with Gasteiger partial charge in [0.2, 0.25) is 0 Å². The summed E-state index contributed by atoms with van der Waals surface area (Å²) in [4.78, 5) is 2.62. The summed E-state index contributed by atoms with van der Waals surface area (Å²) in [5, 5.41) is 4.40. The highest BCUT2D eigenvalue weighted by Gasteiger charge is 2.29. The van der Waals surface area contributed by atoms with Gasteiger partial charge in [0.1, 0.15) is 0 Å². The average Bonchev–Trinajstić information content (AvgIpc) is 2.83. The Hall–Kier alpha value is 0.230. The summed E-state index contributed by atoms with van der Waals surface area (Å²) in [6, 6.07) is 0. The lowest BCUT2D eigenvalue weighted by molar-refractivity contribution is 0.0214. The number of hydrogen-bond acceptors (Lipinski definition) is 4. The van der Waals surface area contributed by atoms with Gasteiger partial charge in [-0.3, -0.25) is 4.90 Å². The molecule has 1 N–H and O–H groups in total. The lowest BCUT2D eigenvalue weighted by Gasteiger charge is -2.33. The van der Waals surface area contributed by atoms with Crippen LogP contribution in [-0.2, 0) is 4.74 Å². The molecule has 118 valence electrons. The van der Waals surface area contributed by atoms with Crippen LogP contribution in [0.4, 0.5) is 0 Å². The van der Waals surface area contributed by atoms with E-state index in [-0.39, 0.29) is 5.54 Å². The van der Waals surface area contributed by atoms with Crippen LogP contribution < -0.4 is 5.32 Å². The van der Waals surface area contributed by atoms with Gasteiger partial charge in [-0.05, 0) is 40.0 Å². The van der Waals surface area contributed by atoms with Crippen molar-refractivity contribution in [3.63, 3.8) is 0 Å². The lowest BCUT2D eigenvalue weighted by atomic mass is 10.1. The normalized spacial score (nSPS) is 32.7. The molecule has 0 aliphatic carbocycles. The molecular weight excluding hydrogens is 268 g/mol. The molecule has 2 rings (SSSR count). The minimum absolute atomic E-state index is 0.194. The first-order chi connectivity index (χ1) is 9.46. The molecule has 2 heterocycles. The van der Waals surface area contributed by atoms with Crippen LogP contribution in [-0.4, -0.2) is 59.8 Å². The quantitative estimate of drug-likeness (QED) is 0.844. The first kappa shape index (κ1) is 16.6. The topological polar surface area (TPSA) is 24.5 Å². The van der Waals surface area contributed by atoms with Crippen molar-refractivity contribution in [3.8, 4) is 0 Å². The predicted octanol–water partition coefficient (Wildman–Crippen LogP) is 2.75. The number of ether oxygens (including phenoxy) is 1. The van der Waals surface area contributed by atoms with E-state index < -0.39 is 0 Å². The van der Waals surface area contributed by atoms with Gasteiger partial charge in [-0.1, -0.05) is 6.92 Å². The van der Waals surface area contributed by atoms with Gasteiger partial charge < -0.3 is 10.1 Å². The second-order valence-corrected chi connectivity index (χ2v) is 8.66. The molecule has 3 nitrogen and oxygen atoms in total. The molecule has 3 atom stereocenters. The summed E-state index contributed by atoms with van der Waals surface area (Å²) in [6.07, 6.45) is 4.62. The molecule has 2 aliphatic heterocycles. The van der Waals surface area contributed by atoms with E-state index in [0.717, 1.165) is 18.3 Å². The van der Waals surface area contributed by atoms with E-state index in [2.05, 4.69) is 49.7 Å². The number of nitrogens with zero attached hydrogens (tertiary/aromatic N) is 1. The van der Waals surface area contributed by atoms with Gasteiger partial charge >= 0.3 is 0 Å². The fraction of sp³-hybridized carbons (Fsp3) is 1.00. The van der Waals surface area contributed by atoms with Crippen molar-refractivity contribution in [2.24, 2.45) is 0 Å². The van der Waals surface area contributed by atoms with E-state index in [1.54, 1.807) is 0 Å². The van der Waals surface area contributed by atoms with E-state index in [0.29, 0.717) is 12.2 Å². The standard InChI is InChI=1S/C16H32N2OS/c1-5-15-12-18(8-9-20-15)11-14-7-6-13(19-14)10-17-16(2,3)4/h13-15,17H,5-12H2,1-4H3. The van der Waals surface area contributed by atoms with Gasteiger partial charge in [0.25, 0.3) is 0 Å². The summed E-state index contributed by atoms with van der Waals surface area (Å²) < 4.78 is 6.22. The average molecular weight is 301 g/mol. The van der Waals surface area contributed by atoms with Gasteiger partial charge in [-0.2, -0.15) is 11.8 Å². The van der Waals surface area contributed by atoms with Crippen LogP contribution in [0.15, 0.2) is 0 Å². The Morgan fingerprint density at radius 3 is 2.70 bits per heavy atom. The van der Waals surface area contributed by atoms with Gasteiger partial charge in [0.05, 0.1) is 12.2 Å². The molecule has 2 saturated heterocycles. The number of hydrogen-bond donors (Lipinski definition) is 1. The second kappa shape index (κ2) is 7.48. The minimum atomic E-state index is 0.194. The fourth-order valence-corrected chi connectivity index (χ4v) is 4.21. The fourth-order valence-electron chi connectivity index (χ4n) is 2.97. The molecule has 0 radical (unpaired) electrons. The Kier molecular flexibility index (Phi) is 6.21. The van der Waals surface area contributed by atoms with Crippen molar-refractivity contribution >= 4 is 11.8 Å². The Balaban J connectivity index is 1.68. The molecule has 0 spiro atoms. The first-order valence-corrected chi connectivity index (χ1v) is 9.25. The summed E-state index contributed by atoms with van der Waals surface area (Å²) in [7, 11) is 0. The van der Waals surface area contributed by atoms with E-state index >= 15 is 0 Å². The maximum absolute atomic E-state index is 6.22. The summed E-state index contributed by atoms with van der Waals surface area (Å²) in [6.45, 7) is 13.6. The molecule has 0 amide bonds. The molecule has 0 aromatic carbocycles. The van der Waals surface area contributed by atoms with Crippen LogP contribution >= 0.6 is 11.8 Å². The van der Waals surface area contributed by atoms with Gasteiger partial charge in [0, 0.05) is 42.7 Å². The van der Waals surface area contributed by atoms with Crippen molar-refractivity contribution in [2.75, 3.05) is 31.9 Å². The third-order valence-electron chi connectivity index (χ3n) is 4.20. The van der Waals surface area contributed by atoms with Crippen molar-refractivity contribution in [3.05, 3.63) is 0 Å². The molecule has 0 aromatic rings. The minimum Gasteiger partial charge on any atom is -0.372 e. The van der Waals surface area contributed by atoms with Gasteiger partial charge in [0.15, 0.2) is 0 Å². The molecule has 0 saturated carbocycles. The molecule has 4 heteroatoms. The van der Waals surface area contributed by atoms with Crippen LogP contribution in [0.5, 0.6) is 0 Å². The van der Waals surface area contributed by atoms with Crippen LogP contribution in [0.1, 0.15) is 47.0 Å². The number of rotatable bonds is 5. The molecular formula is C16H32N2OS. The third kappa shape index (κ3) is 5.55. The lowest BCUT2D eigenvalue weighted by Crippen LogP contribution is -2.43. The summed E-state index contributed by atoms with van der Waals surface area (Å²) >= 11 is 2.14. The maximum Gasteiger partial charge on any atom is 0.0707 e. The third-order valence-corrected chi connectivity index (χ3v) is 5.57. The molecule has 2 aliphatic rings. The van der Waals surface area contributed by atoms with Crippen molar-refractivity contribution in [1.29, 1.82) is 0 Å². The van der Waals surface area contributed by atoms with Crippen molar-refractivity contribution in [1.82, 2.24) is 10.2 Å². The monoisotopic (exact) mass is 300 g/mol. The van der Waals surface area contributed by atoms with Crippen LogP contribution in [0.3, 0.4) is 0 Å². The number of thioether (sulfide) groups is 1. The molecule has 2 fully saturated rings. The molecule has 0 bridgehead atoms. The van der Waals surface area contributed by atoms with Crippen molar-refractivity contribution in [2.45, 2.75) is 70.0 Å². The highest BCUT2D eigenvalue weighted by Crippen LogP contribution is 2.25. The Morgan fingerprint density at radius 2 is 2.00 bits per heavy atom. The van der Waals surface area contributed by atoms with Crippen LogP contribution in [0.25, 0.3) is 0 Å². The van der Waals surface area contributed by atoms with Crippen LogP contribution in [0.2, 0.25) is 0 Å². The van der Waals surface area contributed by atoms with Gasteiger partial charge in [-0.25, -0.2) is 0 Å². The van der Waals surface area contributed by atoms with Crippen LogP contribution in [0, 0.1) is 0 Å². The molecule has 3 unspecified atom stereocenters. The highest BCUT2D eigenvalue weighted by molar-refractivity contribution is 8.00. The largest absolute Gasteiger partial charge is 0.372 e. The SMILES string of the molecule is CCC1CN(CC2CCC(CNC(C)(C)C)O2)CCS1. The Morgan fingerprint density at radius 1 is 1.25 bits per heavy atom. The smallest absolute Gasteiger partial charge is 0.0707 e. The first-order valence-electron chi connectivity index (χ1n) is 8.20. The Labute approximate surface area is 129 Å². The summed E-state index contributed by atoms with van der Waals surface area (Å²) in [5.74, 6) is 1.29. The molecule has 0 aromatic heterocycles. The predicted molar refractivity (Wildman–Crippen MR) is 88.6 cm³/mol. The summed E-state index contributed by atoms with van der Waals surface area (Å²) in [5.41, 5.74) is 0.194. The molecule has 20 heavy (non-hydrogen) atoms.